The zero-order valence-corrected chi connectivity index (χ0v) is 11.8. The SMILES string of the molecule is CS(=O)(=O)c1cccc(C(=O)N2CC(CC(=O)O)C2)c1. The minimum atomic E-state index is -3.35. The molecule has 1 amide bonds. The second-order valence-corrected chi connectivity index (χ2v) is 6.99. The fourth-order valence-electron chi connectivity index (χ4n) is 2.15. The van der Waals surface area contributed by atoms with Crippen LogP contribution in [0.4, 0.5) is 0 Å². The first-order valence-electron chi connectivity index (χ1n) is 6.08. The Hall–Kier alpha value is -1.89. The molecule has 1 aromatic rings. The van der Waals surface area contributed by atoms with Gasteiger partial charge in [-0.25, -0.2) is 8.42 Å². The van der Waals surface area contributed by atoms with Crippen LogP contribution in [-0.4, -0.2) is 49.6 Å². The normalized spacial score (nSPS) is 15.8. The van der Waals surface area contributed by atoms with Crippen LogP contribution in [0.15, 0.2) is 29.2 Å². The van der Waals surface area contributed by atoms with Crippen LogP contribution in [0.5, 0.6) is 0 Å². The molecule has 0 aromatic heterocycles. The molecule has 1 saturated heterocycles. The number of hydrogen-bond donors (Lipinski definition) is 1. The van der Waals surface area contributed by atoms with Crippen LogP contribution in [-0.2, 0) is 14.6 Å². The zero-order chi connectivity index (χ0) is 14.9. The van der Waals surface area contributed by atoms with E-state index >= 15 is 0 Å². The summed E-state index contributed by atoms with van der Waals surface area (Å²) in [5.74, 6) is -1.16. The first-order chi connectivity index (χ1) is 9.27. The molecule has 1 fully saturated rings. The van der Waals surface area contributed by atoms with E-state index in [1.165, 1.54) is 23.1 Å². The molecule has 1 aliphatic heterocycles. The molecule has 1 N–H and O–H groups in total. The number of benzene rings is 1. The molecule has 0 spiro atoms. The fourth-order valence-corrected chi connectivity index (χ4v) is 2.82. The lowest BCUT2D eigenvalue weighted by molar-refractivity contribution is -0.139. The Balaban J connectivity index is 2.07. The Morgan fingerprint density at radius 3 is 2.55 bits per heavy atom. The van der Waals surface area contributed by atoms with Crippen molar-refractivity contribution in [2.75, 3.05) is 19.3 Å². The van der Waals surface area contributed by atoms with Crippen molar-refractivity contribution in [3.63, 3.8) is 0 Å². The summed E-state index contributed by atoms with van der Waals surface area (Å²) in [5, 5.41) is 8.65. The number of carbonyl (C=O) groups is 2. The van der Waals surface area contributed by atoms with Crippen LogP contribution in [0.1, 0.15) is 16.8 Å². The van der Waals surface area contributed by atoms with Crippen molar-refractivity contribution < 1.29 is 23.1 Å². The highest BCUT2D eigenvalue weighted by molar-refractivity contribution is 7.90. The lowest BCUT2D eigenvalue weighted by atomic mass is 9.95. The number of nitrogens with zero attached hydrogens (tertiary/aromatic N) is 1. The number of hydrogen-bond acceptors (Lipinski definition) is 4. The van der Waals surface area contributed by atoms with Crippen LogP contribution in [0.2, 0.25) is 0 Å². The Morgan fingerprint density at radius 2 is 2.00 bits per heavy atom. The van der Waals surface area contributed by atoms with Crippen molar-refractivity contribution >= 4 is 21.7 Å². The first-order valence-corrected chi connectivity index (χ1v) is 7.97. The van der Waals surface area contributed by atoms with Gasteiger partial charge in [0, 0.05) is 30.8 Å². The summed E-state index contributed by atoms with van der Waals surface area (Å²) in [5.41, 5.74) is 0.307. The van der Waals surface area contributed by atoms with E-state index in [1.807, 2.05) is 0 Å². The Bertz CT molecular complexity index is 646. The van der Waals surface area contributed by atoms with Gasteiger partial charge in [0.2, 0.25) is 0 Å². The summed E-state index contributed by atoms with van der Waals surface area (Å²) >= 11 is 0. The lowest BCUT2D eigenvalue weighted by Crippen LogP contribution is -2.50. The van der Waals surface area contributed by atoms with Crippen molar-refractivity contribution in [3.05, 3.63) is 29.8 Å². The molecule has 6 nitrogen and oxygen atoms in total. The minimum Gasteiger partial charge on any atom is -0.481 e. The summed E-state index contributed by atoms with van der Waals surface area (Å²) in [4.78, 5) is 24.3. The molecule has 108 valence electrons. The van der Waals surface area contributed by atoms with Crippen LogP contribution in [0.25, 0.3) is 0 Å². The third-order valence-electron chi connectivity index (χ3n) is 3.22. The Kier molecular flexibility index (Phi) is 3.80. The molecule has 20 heavy (non-hydrogen) atoms. The van der Waals surface area contributed by atoms with E-state index in [2.05, 4.69) is 0 Å². The molecule has 0 bridgehead atoms. The lowest BCUT2D eigenvalue weighted by Gasteiger charge is -2.38. The number of carboxylic acids is 1. The molecule has 0 saturated carbocycles. The second kappa shape index (κ2) is 5.24. The van der Waals surface area contributed by atoms with Gasteiger partial charge >= 0.3 is 5.97 Å². The van der Waals surface area contributed by atoms with Crippen LogP contribution in [0, 0.1) is 5.92 Å². The number of carbonyl (C=O) groups excluding carboxylic acids is 1. The van der Waals surface area contributed by atoms with Crippen molar-refractivity contribution in [2.24, 2.45) is 5.92 Å². The smallest absolute Gasteiger partial charge is 0.303 e. The minimum absolute atomic E-state index is 0.0189. The molecule has 0 atom stereocenters. The zero-order valence-electron chi connectivity index (χ0n) is 10.9. The number of rotatable bonds is 4. The van der Waals surface area contributed by atoms with Crippen molar-refractivity contribution in [1.29, 1.82) is 0 Å². The molecule has 1 heterocycles. The third kappa shape index (κ3) is 3.16. The fraction of sp³-hybridized carbons (Fsp3) is 0.385. The van der Waals surface area contributed by atoms with E-state index in [0.717, 1.165) is 6.26 Å². The van der Waals surface area contributed by atoms with Gasteiger partial charge in [0.05, 0.1) is 11.3 Å². The van der Waals surface area contributed by atoms with Gasteiger partial charge in [-0.15, -0.1) is 0 Å². The monoisotopic (exact) mass is 297 g/mol. The highest BCUT2D eigenvalue weighted by Crippen LogP contribution is 2.22. The van der Waals surface area contributed by atoms with Crippen LogP contribution >= 0.6 is 0 Å². The first kappa shape index (κ1) is 14.5. The quantitative estimate of drug-likeness (QED) is 0.880. The number of aliphatic carboxylic acids is 1. The van der Waals surface area contributed by atoms with Gasteiger partial charge < -0.3 is 10.0 Å². The number of sulfone groups is 1. The summed E-state index contributed by atoms with van der Waals surface area (Å²) in [6, 6.07) is 5.87. The highest BCUT2D eigenvalue weighted by atomic mass is 32.2. The Morgan fingerprint density at radius 1 is 1.35 bits per heavy atom. The number of amides is 1. The largest absolute Gasteiger partial charge is 0.481 e. The summed E-state index contributed by atoms with van der Waals surface area (Å²) < 4.78 is 22.9. The van der Waals surface area contributed by atoms with Crippen LogP contribution < -0.4 is 0 Å². The standard InChI is InChI=1S/C13H15NO5S/c1-20(18,19)11-4-2-3-10(6-11)13(17)14-7-9(8-14)5-12(15)16/h2-4,6,9H,5,7-8H2,1H3,(H,15,16). The summed E-state index contributed by atoms with van der Waals surface area (Å²) in [7, 11) is -3.35. The maximum atomic E-state index is 12.1. The van der Waals surface area contributed by atoms with Gasteiger partial charge in [-0.05, 0) is 18.2 Å². The predicted octanol–water partition coefficient (Wildman–Crippen LogP) is 0.637. The molecule has 7 heteroatoms. The molecule has 1 aromatic carbocycles. The van der Waals surface area contributed by atoms with Gasteiger partial charge in [-0.1, -0.05) is 6.07 Å². The molecule has 1 aliphatic rings. The molecule has 2 rings (SSSR count). The highest BCUT2D eigenvalue weighted by Gasteiger charge is 2.32. The molecule has 0 radical (unpaired) electrons. The summed E-state index contributed by atoms with van der Waals surface area (Å²) in [6.07, 6.45) is 1.14. The average Bonchev–Trinajstić information content (AvgIpc) is 2.31. The molecular formula is C13H15NO5S. The summed E-state index contributed by atoms with van der Waals surface area (Å²) in [6.45, 7) is 0.794. The van der Waals surface area contributed by atoms with Gasteiger partial charge in [-0.2, -0.15) is 0 Å². The van der Waals surface area contributed by atoms with Crippen molar-refractivity contribution in [2.45, 2.75) is 11.3 Å². The maximum Gasteiger partial charge on any atom is 0.303 e. The second-order valence-electron chi connectivity index (χ2n) is 4.97. The van der Waals surface area contributed by atoms with Crippen molar-refractivity contribution in [3.8, 4) is 0 Å². The van der Waals surface area contributed by atoms with E-state index in [1.54, 1.807) is 6.07 Å². The van der Waals surface area contributed by atoms with Crippen LogP contribution in [0.3, 0.4) is 0 Å². The van der Waals surface area contributed by atoms with E-state index < -0.39 is 15.8 Å². The third-order valence-corrected chi connectivity index (χ3v) is 4.33. The molecule has 0 aliphatic carbocycles. The van der Waals surface area contributed by atoms with Gasteiger partial charge in [0.15, 0.2) is 9.84 Å². The number of likely N-dealkylation sites (tertiary alicyclic amines) is 1. The topological polar surface area (TPSA) is 91.8 Å². The number of carboxylic acid groups (broad SMARTS) is 1. The van der Waals surface area contributed by atoms with E-state index in [0.29, 0.717) is 18.7 Å². The van der Waals surface area contributed by atoms with Crippen molar-refractivity contribution in [1.82, 2.24) is 4.90 Å². The average molecular weight is 297 g/mol. The molecule has 0 unspecified atom stereocenters. The van der Waals surface area contributed by atoms with Gasteiger partial charge in [0.25, 0.3) is 5.91 Å². The predicted molar refractivity (Wildman–Crippen MR) is 71.2 cm³/mol. The van der Waals surface area contributed by atoms with Gasteiger partial charge in [0.1, 0.15) is 0 Å². The van der Waals surface area contributed by atoms with E-state index in [9.17, 15) is 18.0 Å². The molecular weight excluding hydrogens is 282 g/mol. The van der Waals surface area contributed by atoms with E-state index in [-0.39, 0.29) is 23.1 Å². The Labute approximate surface area is 116 Å². The van der Waals surface area contributed by atoms with Gasteiger partial charge in [-0.3, -0.25) is 9.59 Å². The maximum absolute atomic E-state index is 12.1. The van der Waals surface area contributed by atoms with E-state index in [4.69, 9.17) is 5.11 Å².